The summed E-state index contributed by atoms with van der Waals surface area (Å²) in [6.07, 6.45) is 1.49. The molecule has 1 fully saturated rings. The quantitative estimate of drug-likeness (QED) is 0.745. The van der Waals surface area contributed by atoms with Gasteiger partial charge in [0.1, 0.15) is 6.04 Å². The highest BCUT2D eigenvalue weighted by molar-refractivity contribution is 6.35. The van der Waals surface area contributed by atoms with Crippen LogP contribution < -0.4 is 15.5 Å². The van der Waals surface area contributed by atoms with Crippen LogP contribution in [0.15, 0.2) is 36.4 Å². The summed E-state index contributed by atoms with van der Waals surface area (Å²) in [5, 5.41) is 6.90. The number of nitrogens with zero attached hydrogens (tertiary/aromatic N) is 1. The molecule has 3 rings (SSSR count). The normalized spacial score (nSPS) is 15.0. The van der Waals surface area contributed by atoms with Gasteiger partial charge in [0.2, 0.25) is 11.8 Å². The van der Waals surface area contributed by atoms with Crippen LogP contribution in [0.1, 0.15) is 25.3 Å². The zero-order chi connectivity index (χ0) is 19.6. The molecule has 1 aliphatic rings. The molecule has 2 N–H and O–H groups in total. The number of carbonyl (C=O) groups is 2. The van der Waals surface area contributed by atoms with E-state index in [4.69, 9.17) is 23.2 Å². The summed E-state index contributed by atoms with van der Waals surface area (Å²) < 4.78 is 0. The van der Waals surface area contributed by atoms with Crippen LogP contribution in [0.2, 0.25) is 10.0 Å². The molecule has 2 aromatic carbocycles. The van der Waals surface area contributed by atoms with E-state index in [-0.39, 0.29) is 11.8 Å². The Balaban J connectivity index is 1.66. The number of nitrogens with one attached hydrogen (secondary N) is 2. The number of halogens is 2. The average Bonchev–Trinajstić information content (AvgIpc) is 3.00. The maximum Gasteiger partial charge on any atom is 0.246 e. The smallest absolute Gasteiger partial charge is 0.246 e. The molecular formula is C20H21Cl2N3O2. The number of anilines is 3. The molecule has 1 aliphatic heterocycles. The fraction of sp³-hybridized carbons (Fsp3) is 0.300. The van der Waals surface area contributed by atoms with Crippen molar-refractivity contribution < 1.29 is 9.59 Å². The monoisotopic (exact) mass is 405 g/mol. The summed E-state index contributed by atoms with van der Waals surface area (Å²) in [7, 11) is 0. The minimum Gasteiger partial charge on any atom is -0.374 e. The summed E-state index contributed by atoms with van der Waals surface area (Å²) in [4.78, 5) is 26.2. The van der Waals surface area contributed by atoms with E-state index < -0.39 is 6.04 Å². The fourth-order valence-corrected chi connectivity index (χ4v) is 3.67. The molecule has 0 aromatic heterocycles. The Hall–Kier alpha value is -2.24. The molecule has 142 valence electrons. The molecule has 0 aliphatic carbocycles. The predicted molar refractivity (Wildman–Crippen MR) is 111 cm³/mol. The number of rotatable bonds is 5. The Morgan fingerprint density at radius 2 is 1.81 bits per heavy atom. The van der Waals surface area contributed by atoms with Gasteiger partial charge >= 0.3 is 0 Å². The van der Waals surface area contributed by atoms with E-state index in [9.17, 15) is 9.59 Å². The van der Waals surface area contributed by atoms with Crippen molar-refractivity contribution in [2.45, 2.75) is 32.7 Å². The zero-order valence-corrected chi connectivity index (χ0v) is 16.7. The van der Waals surface area contributed by atoms with E-state index in [0.29, 0.717) is 22.2 Å². The van der Waals surface area contributed by atoms with Crippen LogP contribution in [0.4, 0.5) is 17.1 Å². The van der Waals surface area contributed by atoms with Crippen molar-refractivity contribution in [1.82, 2.24) is 0 Å². The van der Waals surface area contributed by atoms with E-state index in [0.717, 1.165) is 29.9 Å². The molecule has 2 aromatic rings. The van der Waals surface area contributed by atoms with E-state index >= 15 is 0 Å². The molecular weight excluding hydrogens is 385 g/mol. The fourth-order valence-electron chi connectivity index (χ4n) is 3.14. The van der Waals surface area contributed by atoms with Crippen molar-refractivity contribution in [2.24, 2.45) is 0 Å². The van der Waals surface area contributed by atoms with Crippen LogP contribution in [0.5, 0.6) is 0 Å². The van der Waals surface area contributed by atoms with E-state index in [1.165, 1.54) is 0 Å². The maximum atomic E-state index is 12.4. The minimum atomic E-state index is -0.471. The lowest BCUT2D eigenvalue weighted by atomic mass is 10.1. The molecule has 1 saturated heterocycles. The first-order valence-corrected chi connectivity index (χ1v) is 9.53. The highest BCUT2D eigenvalue weighted by Crippen LogP contribution is 2.28. The SMILES string of the molecule is Cc1cc(N[C@H](C)C(=O)Nc2cc(Cl)cc(Cl)c2)ccc1N1CCCC1=O. The average molecular weight is 406 g/mol. The lowest BCUT2D eigenvalue weighted by molar-refractivity contribution is -0.117. The second-order valence-corrected chi connectivity index (χ2v) is 7.54. The Morgan fingerprint density at radius 3 is 2.41 bits per heavy atom. The molecule has 7 heteroatoms. The molecule has 0 bridgehead atoms. The Kier molecular flexibility index (Phi) is 5.92. The van der Waals surface area contributed by atoms with Gasteiger partial charge in [-0.15, -0.1) is 0 Å². The van der Waals surface area contributed by atoms with Crippen molar-refractivity contribution >= 4 is 52.1 Å². The lowest BCUT2D eigenvalue weighted by Gasteiger charge is -2.20. The highest BCUT2D eigenvalue weighted by Gasteiger charge is 2.23. The number of carbonyl (C=O) groups excluding carboxylic acids is 2. The van der Waals surface area contributed by atoms with Gasteiger partial charge < -0.3 is 15.5 Å². The third-order valence-electron chi connectivity index (χ3n) is 4.47. The molecule has 27 heavy (non-hydrogen) atoms. The molecule has 0 radical (unpaired) electrons. The van der Waals surface area contributed by atoms with Crippen LogP contribution in [0, 0.1) is 6.92 Å². The summed E-state index contributed by atoms with van der Waals surface area (Å²) in [5.41, 5.74) is 3.28. The van der Waals surface area contributed by atoms with Gasteiger partial charge in [0.15, 0.2) is 0 Å². The maximum absolute atomic E-state index is 12.4. The van der Waals surface area contributed by atoms with Crippen LogP contribution in [-0.4, -0.2) is 24.4 Å². The number of aryl methyl sites for hydroxylation is 1. The summed E-state index contributed by atoms with van der Waals surface area (Å²) >= 11 is 11.9. The van der Waals surface area contributed by atoms with Crippen molar-refractivity contribution in [3.8, 4) is 0 Å². The first-order valence-electron chi connectivity index (χ1n) is 8.78. The van der Waals surface area contributed by atoms with Gasteiger partial charge in [-0.05, 0) is 62.2 Å². The first-order chi connectivity index (χ1) is 12.8. The first kappa shape index (κ1) is 19.5. The summed E-state index contributed by atoms with van der Waals surface area (Å²) in [6, 6.07) is 10.2. The molecule has 2 amide bonds. The van der Waals surface area contributed by atoms with E-state index in [2.05, 4.69) is 10.6 Å². The Labute approximate surface area is 168 Å². The Bertz CT molecular complexity index is 865. The third kappa shape index (κ3) is 4.73. The van der Waals surface area contributed by atoms with Crippen LogP contribution >= 0.6 is 23.2 Å². The number of hydrogen-bond donors (Lipinski definition) is 2. The van der Waals surface area contributed by atoms with E-state index in [1.54, 1.807) is 25.1 Å². The number of hydrogen-bond acceptors (Lipinski definition) is 3. The molecule has 1 heterocycles. The Morgan fingerprint density at radius 1 is 1.11 bits per heavy atom. The van der Waals surface area contributed by atoms with Gasteiger partial charge in [-0.3, -0.25) is 9.59 Å². The molecule has 0 spiro atoms. The van der Waals surface area contributed by atoms with E-state index in [1.807, 2.05) is 30.0 Å². The van der Waals surface area contributed by atoms with Gasteiger partial charge in [0.25, 0.3) is 0 Å². The van der Waals surface area contributed by atoms with Crippen molar-refractivity contribution in [2.75, 3.05) is 22.1 Å². The lowest BCUT2D eigenvalue weighted by Crippen LogP contribution is -2.32. The van der Waals surface area contributed by atoms with Crippen LogP contribution in [-0.2, 0) is 9.59 Å². The van der Waals surface area contributed by atoms with Gasteiger partial charge in [-0.25, -0.2) is 0 Å². The number of amides is 2. The topological polar surface area (TPSA) is 61.4 Å². The van der Waals surface area contributed by atoms with Crippen molar-refractivity contribution in [3.05, 3.63) is 52.0 Å². The number of benzene rings is 2. The summed E-state index contributed by atoms with van der Waals surface area (Å²) in [6.45, 7) is 4.49. The van der Waals surface area contributed by atoms with Crippen molar-refractivity contribution in [1.29, 1.82) is 0 Å². The molecule has 0 unspecified atom stereocenters. The van der Waals surface area contributed by atoms with Crippen molar-refractivity contribution in [3.63, 3.8) is 0 Å². The predicted octanol–water partition coefficient (Wildman–Crippen LogP) is 4.87. The molecule has 1 atom stereocenters. The van der Waals surface area contributed by atoms with Gasteiger partial charge in [0, 0.05) is 40.1 Å². The van der Waals surface area contributed by atoms with Crippen LogP contribution in [0.25, 0.3) is 0 Å². The second kappa shape index (κ2) is 8.19. The standard InChI is InChI=1S/C20H21Cl2N3O2/c1-12-8-16(5-6-18(12)25-7-3-4-19(25)26)23-13(2)20(27)24-17-10-14(21)9-15(22)11-17/h5-6,8-11,13,23H,3-4,7H2,1-2H3,(H,24,27)/t13-/m1/s1. The van der Waals surface area contributed by atoms with Gasteiger partial charge in [0.05, 0.1) is 0 Å². The minimum absolute atomic E-state index is 0.159. The molecule has 5 nitrogen and oxygen atoms in total. The second-order valence-electron chi connectivity index (χ2n) is 6.66. The summed E-state index contributed by atoms with van der Waals surface area (Å²) in [5.74, 6) is -0.0449. The van der Waals surface area contributed by atoms with Crippen LogP contribution in [0.3, 0.4) is 0 Å². The third-order valence-corrected chi connectivity index (χ3v) is 4.90. The zero-order valence-electron chi connectivity index (χ0n) is 15.2. The molecule has 0 saturated carbocycles. The largest absolute Gasteiger partial charge is 0.374 e. The highest BCUT2D eigenvalue weighted by atomic mass is 35.5. The van der Waals surface area contributed by atoms with Gasteiger partial charge in [-0.2, -0.15) is 0 Å². The van der Waals surface area contributed by atoms with Gasteiger partial charge in [-0.1, -0.05) is 23.2 Å².